The fourth-order valence-corrected chi connectivity index (χ4v) is 1.78. The van der Waals surface area contributed by atoms with Gasteiger partial charge in [-0.25, -0.2) is 4.79 Å². The molecule has 1 fully saturated rings. The summed E-state index contributed by atoms with van der Waals surface area (Å²) < 4.78 is 4.92. The van der Waals surface area contributed by atoms with Crippen molar-refractivity contribution in [1.29, 1.82) is 0 Å². The second-order valence-corrected chi connectivity index (χ2v) is 3.73. The molecule has 0 radical (unpaired) electrons. The van der Waals surface area contributed by atoms with Crippen molar-refractivity contribution in [3.8, 4) is 0 Å². The number of quaternary nitrogens is 1. The summed E-state index contributed by atoms with van der Waals surface area (Å²) in [5, 5.41) is 0. The molecule has 0 aromatic heterocycles. The monoisotopic (exact) mass is 184 g/mol. The van der Waals surface area contributed by atoms with Gasteiger partial charge in [0.15, 0.2) is 0 Å². The van der Waals surface area contributed by atoms with E-state index >= 15 is 0 Å². The number of carbonyl (C=O) groups excluding carboxylic acids is 1. The second-order valence-electron chi connectivity index (χ2n) is 3.73. The molecular formula is C10H18NO2+. The Labute approximate surface area is 79.4 Å². The van der Waals surface area contributed by atoms with Crippen LogP contribution >= 0.6 is 0 Å². The maximum Gasteiger partial charge on any atom is 0.330 e. The lowest BCUT2D eigenvalue weighted by Gasteiger charge is -2.07. The number of nitrogens with one attached hydrogen (secondary N) is 1. The highest BCUT2D eigenvalue weighted by molar-refractivity contribution is 5.81. The first kappa shape index (κ1) is 10.3. The molecule has 13 heavy (non-hydrogen) atoms. The van der Waals surface area contributed by atoms with Gasteiger partial charge in [-0.15, -0.1) is 0 Å². The Hall–Kier alpha value is -0.830. The molecule has 2 atom stereocenters. The standard InChI is InChI=1S/C10H17NO2/c1-3-10(12)13-7-5-9-4-6-11(2)8-9/h3,9H,1,4-8H2,2H3/p+1. The summed E-state index contributed by atoms with van der Waals surface area (Å²) in [5.74, 6) is 0.427. The van der Waals surface area contributed by atoms with Crippen molar-refractivity contribution in [2.24, 2.45) is 5.92 Å². The van der Waals surface area contributed by atoms with E-state index in [1.807, 2.05) is 0 Å². The van der Waals surface area contributed by atoms with E-state index in [2.05, 4.69) is 13.6 Å². The molecule has 0 spiro atoms. The van der Waals surface area contributed by atoms with Crippen LogP contribution in [0.1, 0.15) is 12.8 Å². The smallest absolute Gasteiger partial charge is 0.330 e. The minimum atomic E-state index is -0.307. The minimum Gasteiger partial charge on any atom is -0.463 e. The number of ether oxygens (including phenoxy) is 1. The Bertz CT molecular complexity index is 191. The van der Waals surface area contributed by atoms with Crippen molar-refractivity contribution >= 4 is 5.97 Å². The molecule has 0 bridgehead atoms. The van der Waals surface area contributed by atoms with E-state index in [1.165, 1.54) is 25.6 Å². The van der Waals surface area contributed by atoms with Gasteiger partial charge in [0.25, 0.3) is 0 Å². The quantitative estimate of drug-likeness (QED) is 0.478. The average molecular weight is 184 g/mol. The first-order chi connectivity index (χ1) is 6.22. The lowest BCUT2D eigenvalue weighted by Crippen LogP contribution is -3.07. The molecule has 1 saturated heterocycles. The summed E-state index contributed by atoms with van der Waals surface area (Å²) >= 11 is 0. The molecule has 1 rings (SSSR count). The molecule has 0 saturated carbocycles. The van der Waals surface area contributed by atoms with Gasteiger partial charge in [-0.05, 0) is 6.42 Å². The van der Waals surface area contributed by atoms with Crippen LogP contribution in [0.5, 0.6) is 0 Å². The van der Waals surface area contributed by atoms with E-state index in [1.54, 1.807) is 4.90 Å². The molecular weight excluding hydrogens is 166 g/mol. The topological polar surface area (TPSA) is 30.7 Å². The van der Waals surface area contributed by atoms with Crippen molar-refractivity contribution < 1.29 is 14.4 Å². The van der Waals surface area contributed by atoms with E-state index in [0.717, 1.165) is 12.3 Å². The van der Waals surface area contributed by atoms with Crippen LogP contribution in [0, 0.1) is 5.92 Å². The summed E-state index contributed by atoms with van der Waals surface area (Å²) in [7, 11) is 2.20. The summed E-state index contributed by atoms with van der Waals surface area (Å²) in [5.41, 5.74) is 0. The Morgan fingerprint density at radius 2 is 2.54 bits per heavy atom. The highest BCUT2D eigenvalue weighted by Gasteiger charge is 2.22. The van der Waals surface area contributed by atoms with Gasteiger partial charge in [0.05, 0.1) is 26.7 Å². The SMILES string of the molecule is C=CC(=O)OCCC1CC[NH+](C)C1. The van der Waals surface area contributed by atoms with Gasteiger partial charge in [-0.1, -0.05) is 6.58 Å². The van der Waals surface area contributed by atoms with Crippen molar-refractivity contribution in [1.82, 2.24) is 0 Å². The van der Waals surface area contributed by atoms with E-state index in [9.17, 15) is 4.79 Å². The zero-order chi connectivity index (χ0) is 9.68. The van der Waals surface area contributed by atoms with Crippen LogP contribution in [0.4, 0.5) is 0 Å². The fourth-order valence-electron chi connectivity index (χ4n) is 1.78. The van der Waals surface area contributed by atoms with Crippen LogP contribution < -0.4 is 4.90 Å². The van der Waals surface area contributed by atoms with Crippen LogP contribution in [-0.2, 0) is 9.53 Å². The summed E-state index contributed by atoms with van der Waals surface area (Å²) in [4.78, 5) is 12.3. The van der Waals surface area contributed by atoms with Crippen LogP contribution in [0.25, 0.3) is 0 Å². The molecule has 1 aliphatic rings. The minimum absolute atomic E-state index is 0.307. The van der Waals surface area contributed by atoms with Crippen molar-refractivity contribution in [3.63, 3.8) is 0 Å². The molecule has 1 N–H and O–H groups in total. The van der Waals surface area contributed by atoms with Crippen molar-refractivity contribution in [2.45, 2.75) is 12.8 Å². The third-order valence-corrected chi connectivity index (χ3v) is 2.55. The summed E-state index contributed by atoms with van der Waals surface area (Å²) in [6.07, 6.45) is 3.47. The van der Waals surface area contributed by atoms with E-state index in [0.29, 0.717) is 6.61 Å². The average Bonchev–Trinajstić information content (AvgIpc) is 2.51. The van der Waals surface area contributed by atoms with E-state index < -0.39 is 0 Å². The summed E-state index contributed by atoms with van der Waals surface area (Å²) in [6.45, 7) is 6.35. The molecule has 0 aliphatic carbocycles. The van der Waals surface area contributed by atoms with Gasteiger partial charge in [0.1, 0.15) is 0 Å². The lowest BCUT2D eigenvalue weighted by molar-refractivity contribution is -0.867. The Morgan fingerprint density at radius 1 is 1.77 bits per heavy atom. The molecule has 1 heterocycles. The first-order valence-corrected chi connectivity index (χ1v) is 4.83. The van der Waals surface area contributed by atoms with Gasteiger partial charge in [0, 0.05) is 18.4 Å². The van der Waals surface area contributed by atoms with Gasteiger partial charge in [0.2, 0.25) is 0 Å². The second kappa shape index (κ2) is 5.02. The Morgan fingerprint density at radius 3 is 3.08 bits per heavy atom. The molecule has 0 aromatic carbocycles. The maximum absolute atomic E-state index is 10.7. The third kappa shape index (κ3) is 3.59. The number of carbonyl (C=O) groups is 1. The van der Waals surface area contributed by atoms with Crippen LogP contribution in [0.3, 0.4) is 0 Å². The molecule has 74 valence electrons. The lowest BCUT2D eigenvalue weighted by atomic mass is 10.1. The predicted molar refractivity (Wildman–Crippen MR) is 50.5 cm³/mol. The highest BCUT2D eigenvalue weighted by Crippen LogP contribution is 2.08. The summed E-state index contributed by atoms with van der Waals surface area (Å²) in [6, 6.07) is 0. The number of esters is 1. The highest BCUT2D eigenvalue weighted by atomic mass is 16.5. The van der Waals surface area contributed by atoms with Crippen molar-refractivity contribution in [3.05, 3.63) is 12.7 Å². The van der Waals surface area contributed by atoms with E-state index in [-0.39, 0.29) is 5.97 Å². The number of hydrogen-bond acceptors (Lipinski definition) is 2. The molecule has 3 nitrogen and oxygen atoms in total. The van der Waals surface area contributed by atoms with Gasteiger partial charge in [-0.2, -0.15) is 0 Å². The van der Waals surface area contributed by atoms with Gasteiger partial charge in [-0.3, -0.25) is 0 Å². The predicted octanol–water partition coefficient (Wildman–Crippen LogP) is -0.360. The Kier molecular flexibility index (Phi) is 3.96. The van der Waals surface area contributed by atoms with Gasteiger partial charge >= 0.3 is 5.97 Å². The zero-order valence-electron chi connectivity index (χ0n) is 8.21. The molecule has 0 amide bonds. The van der Waals surface area contributed by atoms with Crippen LogP contribution in [-0.4, -0.2) is 32.7 Å². The van der Waals surface area contributed by atoms with Crippen LogP contribution in [0.2, 0.25) is 0 Å². The number of hydrogen-bond donors (Lipinski definition) is 1. The van der Waals surface area contributed by atoms with Crippen molar-refractivity contribution in [2.75, 3.05) is 26.7 Å². The number of rotatable bonds is 4. The fraction of sp³-hybridized carbons (Fsp3) is 0.700. The zero-order valence-corrected chi connectivity index (χ0v) is 8.21. The third-order valence-electron chi connectivity index (χ3n) is 2.55. The van der Waals surface area contributed by atoms with Crippen LogP contribution in [0.15, 0.2) is 12.7 Å². The van der Waals surface area contributed by atoms with Gasteiger partial charge < -0.3 is 9.64 Å². The molecule has 0 aromatic rings. The Balaban J connectivity index is 2.06. The molecule has 2 unspecified atom stereocenters. The normalized spacial score (nSPS) is 27.2. The van der Waals surface area contributed by atoms with E-state index in [4.69, 9.17) is 4.74 Å². The maximum atomic E-state index is 10.7. The molecule has 1 aliphatic heterocycles. The first-order valence-electron chi connectivity index (χ1n) is 4.83. The largest absolute Gasteiger partial charge is 0.463 e. The molecule has 3 heteroatoms. The number of likely N-dealkylation sites (tertiary alicyclic amines) is 1.